The molecule has 1 unspecified atom stereocenters. The van der Waals surface area contributed by atoms with Gasteiger partial charge in [0.05, 0.1) is 6.20 Å². The Morgan fingerprint density at radius 2 is 2.22 bits per heavy atom. The monoisotopic (exact) mass is 267 g/mol. The normalized spacial score (nSPS) is 19.0. The van der Waals surface area contributed by atoms with Crippen LogP contribution in [-0.4, -0.2) is 26.8 Å². The number of hydrogen-bond acceptors (Lipinski definition) is 3. The van der Waals surface area contributed by atoms with E-state index in [4.69, 9.17) is 5.73 Å². The molecule has 18 heavy (non-hydrogen) atoms. The van der Waals surface area contributed by atoms with Crippen molar-refractivity contribution in [3.8, 4) is 0 Å². The van der Waals surface area contributed by atoms with Gasteiger partial charge in [-0.15, -0.1) is 0 Å². The van der Waals surface area contributed by atoms with E-state index in [0.717, 1.165) is 24.0 Å². The van der Waals surface area contributed by atoms with Crippen molar-refractivity contribution < 1.29 is 0 Å². The van der Waals surface area contributed by atoms with Crippen molar-refractivity contribution in [3.05, 3.63) is 18.0 Å². The number of nitrogens with zero attached hydrogens (tertiary/aromatic N) is 2. The molecule has 1 aromatic rings. The predicted octanol–water partition coefficient (Wildman–Crippen LogP) is 2.84. The third kappa shape index (κ3) is 4.32. The molecule has 0 aromatic carbocycles. The van der Waals surface area contributed by atoms with Crippen LogP contribution in [0.15, 0.2) is 12.4 Å². The molecule has 1 aromatic heterocycles. The van der Waals surface area contributed by atoms with E-state index < -0.39 is 0 Å². The minimum Gasteiger partial charge on any atom is -0.327 e. The summed E-state index contributed by atoms with van der Waals surface area (Å²) in [5.41, 5.74) is 7.49. The molecule has 1 fully saturated rings. The maximum absolute atomic E-state index is 6.22. The highest BCUT2D eigenvalue weighted by atomic mass is 32.2. The van der Waals surface area contributed by atoms with Crippen LogP contribution in [0.25, 0.3) is 0 Å². The third-order valence-corrected chi connectivity index (χ3v) is 5.17. The molecule has 3 nitrogen and oxygen atoms in total. The Morgan fingerprint density at radius 1 is 1.44 bits per heavy atom. The first kappa shape index (κ1) is 13.9. The summed E-state index contributed by atoms with van der Waals surface area (Å²) in [7, 11) is 0. The Balaban J connectivity index is 1.69. The molecule has 2 N–H and O–H groups in total. The molecule has 1 heterocycles. The van der Waals surface area contributed by atoms with E-state index in [1.165, 1.54) is 37.7 Å². The zero-order valence-corrected chi connectivity index (χ0v) is 12.2. The van der Waals surface area contributed by atoms with Crippen LogP contribution in [-0.2, 0) is 13.0 Å². The van der Waals surface area contributed by atoms with Gasteiger partial charge in [-0.3, -0.25) is 4.68 Å². The van der Waals surface area contributed by atoms with E-state index in [1.807, 2.05) is 10.9 Å². The Labute approximate surface area is 115 Å². The molecule has 0 saturated heterocycles. The number of rotatable bonds is 6. The lowest BCUT2D eigenvalue weighted by molar-refractivity contribution is 0.515. The van der Waals surface area contributed by atoms with Crippen LogP contribution in [0.5, 0.6) is 0 Å². The first-order valence-corrected chi connectivity index (χ1v) is 8.21. The van der Waals surface area contributed by atoms with Gasteiger partial charge in [-0.05, 0) is 31.7 Å². The number of thioether (sulfide) groups is 1. The van der Waals surface area contributed by atoms with Crippen LogP contribution in [0.1, 0.15) is 44.6 Å². The summed E-state index contributed by atoms with van der Waals surface area (Å²) in [6.07, 6.45) is 12.1. The predicted molar refractivity (Wildman–Crippen MR) is 78.9 cm³/mol. The van der Waals surface area contributed by atoms with E-state index in [-0.39, 0.29) is 6.04 Å². The van der Waals surface area contributed by atoms with Crippen molar-refractivity contribution in [2.24, 2.45) is 5.73 Å². The maximum Gasteiger partial charge on any atom is 0.0522 e. The molecule has 0 radical (unpaired) electrons. The fraction of sp³-hybridized carbons (Fsp3) is 0.786. The van der Waals surface area contributed by atoms with Crippen molar-refractivity contribution in [1.82, 2.24) is 9.78 Å². The SMILES string of the molecule is CCn1cc(CC(N)CSC2CCCCC2)cn1. The molecule has 4 heteroatoms. The Kier molecular flexibility index (Phi) is 5.57. The van der Waals surface area contributed by atoms with Crippen molar-refractivity contribution in [2.75, 3.05) is 5.75 Å². The molecule has 1 atom stereocenters. The molecular formula is C14H25N3S. The quantitative estimate of drug-likeness (QED) is 0.862. The summed E-state index contributed by atoms with van der Waals surface area (Å²) >= 11 is 2.09. The van der Waals surface area contributed by atoms with Crippen molar-refractivity contribution in [3.63, 3.8) is 0 Å². The zero-order chi connectivity index (χ0) is 12.8. The standard InChI is InChI=1S/C14H25N3S/c1-2-17-10-12(9-16-17)8-13(15)11-18-14-6-4-3-5-7-14/h9-10,13-14H,2-8,11,15H2,1H3. The summed E-state index contributed by atoms with van der Waals surface area (Å²) in [6.45, 7) is 3.04. The topological polar surface area (TPSA) is 43.8 Å². The molecule has 1 aliphatic carbocycles. The lowest BCUT2D eigenvalue weighted by Gasteiger charge is -2.22. The minimum absolute atomic E-state index is 0.270. The summed E-state index contributed by atoms with van der Waals surface area (Å²) in [5.74, 6) is 1.09. The fourth-order valence-corrected chi connectivity index (χ4v) is 3.84. The highest BCUT2D eigenvalue weighted by Gasteiger charge is 2.15. The van der Waals surface area contributed by atoms with E-state index >= 15 is 0 Å². The molecule has 0 spiro atoms. The minimum atomic E-state index is 0.270. The van der Waals surface area contributed by atoms with Gasteiger partial charge in [0.2, 0.25) is 0 Å². The highest BCUT2D eigenvalue weighted by molar-refractivity contribution is 7.99. The summed E-state index contributed by atoms with van der Waals surface area (Å²) in [6, 6.07) is 0.270. The van der Waals surface area contributed by atoms with E-state index in [0.29, 0.717) is 0 Å². The van der Waals surface area contributed by atoms with Gasteiger partial charge in [0.25, 0.3) is 0 Å². The third-order valence-electron chi connectivity index (χ3n) is 3.61. The van der Waals surface area contributed by atoms with Crippen LogP contribution < -0.4 is 5.73 Å². The van der Waals surface area contributed by atoms with E-state index in [1.54, 1.807) is 0 Å². The number of aryl methyl sites for hydroxylation is 1. The molecule has 2 rings (SSSR count). The second-order valence-corrected chi connectivity index (χ2v) is 6.60. The average Bonchev–Trinajstić information content (AvgIpc) is 2.85. The lowest BCUT2D eigenvalue weighted by Crippen LogP contribution is -2.27. The lowest BCUT2D eigenvalue weighted by atomic mass is 10.0. The Bertz CT molecular complexity index is 345. The molecule has 1 saturated carbocycles. The molecule has 102 valence electrons. The van der Waals surface area contributed by atoms with Crippen LogP contribution in [0.3, 0.4) is 0 Å². The molecular weight excluding hydrogens is 242 g/mol. The molecule has 1 aliphatic rings. The second kappa shape index (κ2) is 7.19. The van der Waals surface area contributed by atoms with Crippen LogP contribution in [0.4, 0.5) is 0 Å². The Morgan fingerprint density at radius 3 is 2.89 bits per heavy atom. The summed E-state index contributed by atoms with van der Waals surface area (Å²) < 4.78 is 1.97. The van der Waals surface area contributed by atoms with E-state index in [2.05, 4.69) is 30.0 Å². The van der Waals surface area contributed by atoms with Crippen LogP contribution in [0, 0.1) is 0 Å². The maximum atomic E-state index is 6.22. The molecule has 0 amide bonds. The number of hydrogen-bond donors (Lipinski definition) is 1. The molecule has 0 bridgehead atoms. The Hall–Kier alpha value is -0.480. The molecule has 0 aliphatic heterocycles. The van der Waals surface area contributed by atoms with Crippen molar-refractivity contribution >= 4 is 11.8 Å². The zero-order valence-electron chi connectivity index (χ0n) is 11.3. The highest BCUT2D eigenvalue weighted by Crippen LogP contribution is 2.28. The first-order chi connectivity index (χ1) is 8.78. The van der Waals surface area contributed by atoms with Gasteiger partial charge in [0.15, 0.2) is 0 Å². The summed E-state index contributed by atoms with van der Waals surface area (Å²) in [5, 5.41) is 5.16. The van der Waals surface area contributed by atoms with Gasteiger partial charge in [-0.1, -0.05) is 19.3 Å². The first-order valence-electron chi connectivity index (χ1n) is 7.16. The van der Waals surface area contributed by atoms with Gasteiger partial charge in [-0.25, -0.2) is 0 Å². The fourth-order valence-electron chi connectivity index (χ4n) is 2.54. The van der Waals surface area contributed by atoms with Gasteiger partial charge < -0.3 is 5.73 Å². The van der Waals surface area contributed by atoms with Crippen LogP contribution in [0.2, 0.25) is 0 Å². The van der Waals surface area contributed by atoms with Crippen molar-refractivity contribution in [2.45, 2.75) is 63.3 Å². The number of aromatic nitrogens is 2. The van der Waals surface area contributed by atoms with E-state index in [9.17, 15) is 0 Å². The van der Waals surface area contributed by atoms with Gasteiger partial charge in [-0.2, -0.15) is 16.9 Å². The average molecular weight is 267 g/mol. The van der Waals surface area contributed by atoms with Gasteiger partial charge in [0, 0.05) is 29.8 Å². The summed E-state index contributed by atoms with van der Waals surface area (Å²) in [4.78, 5) is 0. The van der Waals surface area contributed by atoms with Crippen molar-refractivity contribution in [1.29, 1.82) is 0 Å². The number of nitrogens with two attached hydrogens (primary N) is 1. The van der Waals surface area contributed by atoms with Gasteiger partial charge >= 0.3 is 0 Å². The second-order valence-electron chi connectivity index (χ2n) is 5.26. The van der Waals surface area contributed by atoms with Crippen LogP contribution >= 0.6 is 11.8 Å². The largest absolute Gasteiger partial charge is 0.327 e. The smallest absolute Gasteiger partial charge is 0.0522 e. The van der Waals surface area contributed by atoms with Gasteiger partial charge in [0.1, 0.15) is 0 Å².